The van der Waals surface area contributed by atoms with Crippen molar-refractivity contribution in [3.05, 3.63) is 23.8 Å². The lowest BCUT2D eigenvalue weighted by Gasteiger charge is -2.25. The van der Waals surface area contributed by atoms with Gasteiger partial charge in [0.05, 0.1) is 0 Å². The molecule has 0 spiro atoms. The van der Waals surface area contributed by atoms with E-state index in [1.54, 1.807) is 0 Å². The Bertz CT molecular complexity index is 273. The van der Waals surface area contributed by atoms with Gasteiger partial charge in [0.15, 0.2) is 0 Å². The highest BCUT2D eigenvalue weighted by molar-refractivity contribution is 5.29. The highest BCUT2D eigenvalue weighted by Crippen LogP contribution is 2.26. The number of rotatable bonds is 7. The summed E-state index contributed by atoms with van der Waals surface area (Å²) >= 11 is 0. The summed E-state index contributed by atoms with van der Waals surface area (Å²) in [6.07, 6.45) is 15.9. The molecule has 1 nitrogen and oxygen atoms in total. The Morgan fingerprint density at radius 1 is 1.29 bits per heavy atom. The quantitative estimate of drug-likeness (QED) is 0.642. The van der Waals surface area contributed by atoms with E-state index in [0.29, 0.717) is 5.92 Å². The van der Waals surface area contributed by atoms with Crippen LogP contribution < -0.4 is 5.73 Å². The number of unbranched alkanes of at least 4 members (excludes halogenated alkanes) is 4. The van der Waals surface area contributed by atoms with Gasteiger partial charge in [-0.1, -0.05) is 64.2 Å². The molecule has 0 aromatic heterocycles. The van der Waals surface area contributed by atoms with Crippen LogP contribution in [0.15, 0.2) is 23.8 Å². The minimum absolute atomic E-state index is 0.121. The molecule has 98 valence electrons. The topological polar surface area (TPSA) is 26.0 Å². The summed E-state index contributed by atoms with van der Waals surface area (Å²) in [6, 6.07) is 0. The molecule has 0 heterocycles. The van der Waals surface area contributed by atoms with Crippen molar-refractivity contribution < 1.29 is 0 Å². The van der Waals surface area contributed by atoms with Crippen LogP contribution in [0.3, 0.4) is 0 Å². The first kappa shape index (κ1) is 14.5. The van der Waals surface area contributed by atoms with E-state index in [-0.39, 0.29) is 5.54 Å². The van der Waals surface area contributed by atoms with E-state index < -0.39 is 0 Å². The van der Waals surface area contributed by atoms with Gasteiger partial charge < -0.3 is 5.73 Å². The maximum Gasteiger partial charge on any atom is 0.0348 e. The fraction of sp³-hybridized carbons (Fsp3) is 0.750. The first-order valence-electron chi connectivity index (χ1n) is 7.23. The summed E-state index contributed by atoms with van der Waals surface area (Å²) in [5, 5.41) is 0. The summed E-state index contributed by atoms with van der Waals surface area (Å²) in [5.74, 6) is 0.698. The van der Waals surface area contributed by atoms with Crippen LogP contribution in [-0.4, -0.2) is 5.54 Å². The van der Waals surface area contributed by atoms with Gasteiger partial charge in [-0.3, -0.25) is 0 Å². The van der Waals surface area contributed by atoms with Crippen molar-refractivity contribution in [2.45, 2.75) is 71.3 Å². The van der Waals surface area contributed by atoms with Crippen LogP contribution in [-0.2, 0) is 0 Å². The van der Waals surface area contributed by atoms with E-state index in [1.165, 1.54) is 44.1 Å². The Labute approximate surface area is 107 Å². The summed E-state index contributed by atoms with van der Waals surface area (Å²) in [6.45, 7) is 6.70. The largest absolute Gasteiger partial charge is 0.322 e. The molecular weight excluding hydrogens is 206 g/mol. The van der Waals surface area contributed by atoms with Crippen molar-refractivity contribution in [2.24, 2.45) is 11.7 Å². The Morgan fingerprint density at radius 3 is 2.59 bits per heavy atom. The van der Waals surface area contributed by atoms with Crippen LogP contribution in [0.1, 0.15) is 65.7 Å². The fourth-order valence-corrected chi connectivity index (χ4v) is 2.35. The SMILES string of the molecule is CCCCCCCC(C)C1=CCC(C)(N)C=C1. The molecule has 2 atom stereocenters. The van der Waals surface area contributed by atoms with Crippen molar-refractivity contribution >= 4 is 0 Å². The molecule has 1 aliphatic carbocycles. The van der Waals surface area contributed by atoms with Crippen molar-refractivity contribution in [1.29, 1.82) is 0 Å². The van der Waals surface area contributed by atoms with Crippen LogP contribution in [0, 0.1) is 5.92 Å². The normalized spacial score (nSPS) is 25.8. The Kier molecular flexibility index (Phi) is 5.97. The first-order valence-corrected chi connectivity index (χ1v) is 7.23. The van der Waals surface area contributed by atoms with Gasteiger partial charge >= 0.3 is 0 Å². The Balaban J connectivity index is 2.23. The van der Waals surface area contributed by atoms with E-state index in [1.807, 2.05) is 0 Å². The van der Waals surface area contributed by atoms with E-state index in [0.717, 1.165) is 6.42 Å². The lowest BCUT2D eigenvalue weighted by atomic mass is 9.85. The maximum absolute atomic E-state index is 6.06. The fourth-order valence-electron chi connectivity index (χ4n) is 2.35. The zero-order valence-electron chi connectivity index (χ0n) is 11.8. The average Bonchev–Trinajstić information content (AvgIpc) is 2.28. The zero-order valence-corrected chi connectivity index (χ0v) is 11.8. The first-order chi connectivity index (χ1) is 8.05. The smallest absolute Gasteiger partial charge is 0.0348 e. The molecule has 0 aromatic carbocycles. The van der Waals surface area contributed by atoms with Crippen molar-refractivity contribution in [1.82, 2.24) is 0 Å². The standard InChI is InChI=1S/C16H29N/c1-4-5-6-7-8-9-14(2)15-10-12-16(3,17)13-11-15/h10-12,14H,4-9,13,17H2,1-3H3. The van der Waals surface area contributed by atoms with E-state index in [9.17, 15) is 0 Å². The summed E-state index contributed by atoms with van der Waals surface area (Å²) in [4.78, 5) is 0. The van der Waals surface area contributed by atoms with Crippen LogP contribution in [0.25, 0.3) is 0 Å². The van der Waals surface area contributed by atoms with Crippen LogP contribution in [0.5, 0.6) is 0 Å². The van der Waals surface area contributed by atoms with Crippen molar-refractivity contribution in [3.63, 3.8) is 0 Å². The third-order valence-electron chi connectivity index (χ3n) is 3.74. The lowest BCUT2D eigenvalue weighted by molar-refractivity contribution is 0.526. The summed E-state index contributed by atoms with van der Waals surface area (Å²) in [7, 11) is 0. The molecule has 0 fully saturated rings. The summed E-state index contributed by atoms with van der Waals surface area (Å²) in [5.41, 5.74) is 7.43. The monoisotopic (exact) mass is 235 g/mol. The molecule has 0 saturated carbocycles. The molecule has 17 heavy (non-hydrogen) atoms. The second-order valence-electron chi connectivity index (χ2n) is 5.85. The minimum Gasteiger partial charge on any atom is -0.322 e. The van der Waals surface area contributed by atoms with E-state index >= 15 is 0 Å². The zero-order chi connectivity index (χ0) is 12.7. The van der Waals surface area contributed by atoms with Crippen molar-refractivity contribution in [2.75, 3.05) is 0 Å². The lowest BCUT2D eigenvalue weighted by Crippen LogP contribution is -2.34. The van der Waals surface area contributed by atoms with Gasteiger partial charge in [0.2, 0.25) is 0 Å². The number of nitrogens with two attached hydrogens (primary N) is 1. The van der Waals surface area contributed by atoms with Crippen LogP contribution in [0.4, 0.5) is 0 Å². The van der Waals surface area contributed by atoms with Gasteiger partial charge in [0.1, 0.15) is 0 Å². The Hall–Kier alpha value is -0.560. The number of hydrogen-bond donors (Lipinski definition) is 1. The second kappa shape index (κ2) is 7.00. The molecule has 2 unspecified atom stereocenters. The third-order valence-corrected chi connectivity index (χ3v) is 3.74. The van der Waals surface area contributed by atoms with Gasteiger partial charge in [-0.15, -0.1) is 0 Å². The molecule has 0 radical (unpaired) electrons. The van der Waals surface area contributed by atoms with Gasteiger partial charge in [-0.25, -0.2) is 0 Å². The predicted molar refractivity (Wildman–Crippen MR) is 77.0 cm³/mol. The predicted octanol–water partition coefficient (Wildman–Crippen LogP) is 4.59. The molecule has 0 bridgehead atoms. The molecule has 1 aliphatic rings. The maximum atomic E-state index is 6.06. The Morgan fingerprint density at radius 2 is 2.00 bits per heavy atom. The van der Waals surface area contributed by atoms with E-state index in [4.69, 9.17) is 5.73 Å². The number of allylic oxidation sites excluding steroid dienone is 2. The molecule has 0 aliphatic heterocycles. The molecule has 0 saturated heterocycles. The molecule has 0 aromatic rings. The molecule has 2 N–H and O–H groups in total. The highest BCUT2D eigenvalue weighted by Gasteiger charge is 2.18. The van der Waals surface area contributed by atoms with Gasteiger partial charge in [0, 0.05) is 5.54 Å². The molecular formula is C16H29N. The highest BCUT2D eigenvalue weighted by atomic mass is 14.7. The van der Waals surface area contributed by atoms with Crippen molar-refractivity contribution in [3.8, 4) is 0 Å². The number of hydrogen-bond acceptors (Lipinski definition) is 1. The summed E-state index contributed by atoms with van der Waals surface area (Å²) < 4.78 is 0. The van der Waals surface area contributed by atoms with Gasteiger partial charge in [0.25, 0.3) is 0 Å². The molecule has 1 heteroatoms. The second-order valence-corrected chi connectivity index (χ2v) is 5.85. The van der Waals surface area contributed by atoms with Crippen LogP contribution in [0.2, 0.25) is 0 Å². The van der Waals surface area contributed by atoms with Crippen LogP contribution >= 0.6 is 0 Å². The average molecular weight is 235 g/mol. The van der Waals surface area contributed by atoms with E-state index in [2.05, 4.69) is 39.0 Å². The minimum atomic E-state index is -0.121. The molecule has 0 amide bonds. The van der Waals surface area contributed by atoms with Gasteiger partial charge in [-0.05, 0) is 31.3 Å². The third kappa shape index (κ3) is 5.54. The van der Waals surface area contributed by atoms with Gasteiger partial charge in [-0.2, -0.15) is 0 Å². The molecule has 1 rings (SSSR count).